The SMILES string of the molecule is Nc1ccccc1C(=O)C[C@H](NC=O)C(=O)OO. The number of hydrogen-bond acceptors (Lipinski definition) is 6. The van der Waals surface area contributed by atoms with Gasteiger partial charge in [0.25, 0.3) is 0 Å². The van der Waals surface area contributed by atoms with Gasteiger partial charge >= 0.3 is 5.97 Å². The zero-order valence-corrected chi connectivity index (χ0v) is 9.33. The van der Waals surface area contributed by atoms with Crippen LogP contribution >= 0.6 is 0 Å². The van der Waals surface area contributed by atoms with E-state index in [1.54, 1.807) is 18.2 Å². The molecule has 0 radical (unpaired) electrons. The Morgan fingerprint density at radius 3 is 2.67 bits per heavy atom. The van der Waals surface area contributed by atoms with Gasteiger partial charge in [-0.1, -0.05) is 12.1 Å². The number of benzene rings is 1. The molecular weight excluding hydrogens is 240 g/mol. The van der Waals surface area contributed by atoms with Gasteiger partial charge in [0.05, 0.1) is 0 Å². The van der Waals surface area contributed by atoms with E-state index in [1.807, 2.05) is 0 Å². The van der Waals surface area contributed by atoms with Crippen molar-refractivity contribution in [2.75, 3.05) is 5.73 Å². The molecule has 0 bridgehead atoms. The molecule has 0 unspecified atom stereocenters. The van der Waals surface area contributed by atoms with Crippen molar-refractivity contribution in [2.24, 2.45) is 0 Å². The third kappa shape index (κ3) is 3.29. The third-order valence-electron chi connectivity index (χ3n) is 2.29. The predicted molar refractivity (Wildman–Crippen MR) is 61.5 cm³/mol. The van der Waals surface area contributed by atoms with E-state index in [9.17, 15) is 14.4 Å². The van der Waals surface area contributed by atoms with Crippen LogP contribution in [0.5, 0.6) is 0 Å². The van der Waals surface area contributed by atoms with Crippen molar-refractivity contribution < 1.29 is 24.5 Å². The second-order valence-corrected chi connectivity index (χ2v) is 3.46. The van der Waals surface area contributed by atoms with Gasteiger partial charge in [0.2, 0.25) is 6.41 Å². The molecule has 7 nitrogen and oxygen atoms in total. The number of carbonyl (C=O) groups is 3. The lowest BCUT2D eigenvalue weighted by atomic mass is 10.0. The highest BCUT2D eigenvalue weighted by Crippen LogP contribution is 2.14. The van der Waals surface area contributed by atoms with Crippen LogP contribution in [0.25, 0.3) is 0 Å². The molecule has 96 valence electrons. The molecule has 0 aliphatic carbocycles. The van der Waals surface area contributed by atoms with Crippen LogP contribution in [0.3, 0.4) is 0 Å². The first-order valence-electron chi connectivity index (χ1n) is 5.02. The lowest BCUT2D eigenvalue weighted by molar-refractivity contribution is -0.236. The Labute approximate surface area is 102 Å². The van der Waals surface area contributed by atoms with Crippen molar-refractivity contribution in [3.05, 3.63) is 29.8 Å². The van der Waals surface area contributed by atoms with E-state index in [0.29, 0.717) is 0 Å². The lowest BCUT2D eigenvalue weighted by Crippen LogP contribution is -2.38. The number of amides is 1. The molecule has 18 heavy (non-hydrogen) atoms. The van der Waals surface area contributed by atoms with Crippen molar-refractivity contribution >= 4 is 23.9 Å². The van der Waals surface area contributed by atoms with Crippen molar-refractivity contribution in [3.63, 3.8) is 0 Å². The highest BCUT2D eigenvalue weighted by atomic mass is 17.1. The fourth-order valence-corrected chi connectivity index (χ4v) is 1.40. The molecule has 1 amide bonds. The molecule has 0 aliphatic rings. The maximum atomic E-state index is 11.8. The second-order valence-electron chi connectivity index (χ2n) is 3.46. The fourth-order valence-electron chi connectivity index (χ4n) is 1.40. The number of ketones is 1. The van der Waals surface area contributed by atoms with E-state index in [2.05, 4.69) is 10.2 Å². The summed E-state index contributed by atoms with van der Waals surface area (Å²) in [7, 11) is 0. The second kappa shape index (κ2) is 6.36. The summed E-state index contributed by atoms with van der Waals surface area (Å²) in [4.78, 5) is 36.7. The minimum absolute atomic E-state index is 0.237. The average Bonchev–Trinajstić information content (AvgIpc) is 2.37. The number of Topliss-reactive ketones (excluding diaryl/α,β-unsaturated/α-hetero) is 1. The number of nitrogens with one attached hydrogen (secondary N) is 1. The predicted octanol–water partition coefficient (Wildman–Crippen LogP) is -0.0276. The molecule has 1 atom stereocenters. The van der Waals surface area contributed by atoms with Gasteiger partial charge in [0.15, 0.2) is 5.78 Å². The Morgan fingerprint density at radius 1 is 1.44 bits per heavy atom. The van der Waals surface area contributed by atoms with E-state index in [4.69, 9.17) is 11.0 Å². The number of carbonyl (C=O) groups excluding carboxylic acids is 3. The Morgan fingerprint density at radius 2 is 2.11 bits per heavy atom. The van der Waals surface area contributed by atoms with Crippen molar-refractivity contribution in [1.29, 1.82) is 0 Å². The molecule has 0 aliphatic heterocycles. The molecule has 1 aromatic rings. The molecule has 0 saturated carbocycles. The summed E-state index contributed by atoms with van der Waals surface area (Å²) in [5, 5.41) is 10.3. The Bertz CT molecular complexity index is 461. The summed E-state index contributed by atoms with van der Waals surface area (Å²) in [5.41, 5.74) is 6.11. The average molecular weight is 252 g/mol. The maximum absolute atomic E-state index is 11.8. The van der Waals surface area contributed by atoms with Crippen LogP contribution < -0.4 is 11.1 Å². The van der Waals surface area contributed by atoms with Crippen LogP contribution in [0, 0.1) is 0 Å². The molecule has 0 fully saturated rings. The number of nitrogen functional groups attached to an aromatic ring is 1. The van der Waals surface area contributed by atoms with E-state index < -0.39 is 17.8 Å². The lowest BCUT2D eigenvalue weighted by Gasteiger charge is -2.12. The zero-order chi connectivity index (χ0) is 13.5. The molecule has 4 N–H and O–H groups in total. The smallest absolute Gasteiger partial charge is 0.364 e. The van der Waals surface area contributed by atoms with Gasteiger partial charge in [-0.2, -0.15) is 5.26 Å². The number of hydrogen-bond donors (Lipinski definition) is 3. The first-order valence-corrected chi connectivity index (χ1v) is 5.02. The van der Waals surface area contributed by atoms with Crippen LogP contribution in [-0.4, -0.2) is 29.5 Å². The van der Waals surface area contributed by atoms with Gasteiger partial charge in [0.1, 0.15) is 6.04 Å². The quantitative estimate of drug-likeness (QED) is 0.215. The van der Waals surface area contributed by atoms with E-state index in [-0.39, 0.29) is 24.1 Å². The number of rotatable bonds is 6. The standard InChI is InChI=1S/C11H12N2O5/c12-8-4-2-1-3-7(8)10(15)5-9(13-6-14)11(16)18-17/h1-4,6,9,17H,5,12H2,(H,13,14)/t9-/m0/s1. The minimum Gasteiger partial charge on any atom is -0.398 e. The van der Waals surface area contributed by atoms with Crippen LogP contribution in [-0.2, 0) is 14.5 Å². The summed E-state index contributed by atoms with van der Waals surface area (Å²) in [6.45, 7) is 0. The van der Waals surface area contributed by atoms with Crippen molar-refractivity contribution in [1.82, 2.24) is 5.32 Å². The number of para-hydroxylation sites is 1. The molecule has 0 aromatic heterocycles. The van der Waals surface area contributed by atoms with Crippen LogP contribution in [0.15, 0.2) is 24.3 Å². The van der Waals surface area contributed by atoms with Gasteiger partial charge in [-0.15, -0.1) is 0 Å². The largest absolute Gasteiger partial charge is 0.398 e. The zero-order valence-electron chi connectivity index (χ0n) is 9.33. The molecule has 7 heteroatoms. The maximum Gasteiger partial charge on any atom is 0.364 e. The molecular formula is C11H12N2O5. The summed E-state index contributed by atoms with van der Waals surface area (Å²) >= 11 is 0. The monoisotopic (exact) mass is 252 g/mol. The Kier molecular flexibility index (Phi) is 4.82. The van der Waals surface area contributed by atoms with E-state index >= 15 is 0 Å². The highest BCUT2D eigenvalue weighted by Gasteiger charge is 2.24. The number of nitrogens with two attached hydrogens (primary N) is 1. The first kappa shape index (κ1) is 13.7. The minimum atomic E-state index is -1.25. The molecule has 1 rings (SSSR count). The summed E-state index contributed by atoms with van der Waals surface area (Å²) in [6, 6.07) is 5.07. The van der Waals surface area contributed by atoms with Gasteiger partial charge < -0.3 is 11.1 Å². The third-order valence-corrected chi connectivity index (χ3v) is 2.29. The van der Waals surface area contributed by atoms with Gasteiger partial charge in [-0.05, 0) is 12.1 Å². The van der Waals surface area contributed by atoms with Crippen molar-refractivity contribution in [2.45, 2.75) is 12.5 Å². The molecule has 1 aromatic carbocycles. The first-order chi connectivity index (χ1) is 8.60. The van der Waals surface area contributed by atoms with Gasteiger partial charge in [-0.3, -0.25) is 14.5 Å². The fraction of sp³-hybridized carbons (Fsp3) is 0.182. The summed E-state index contributed by atoms with van der Waals surface area (Å²) in [6.07, 6.45) is -0.116. The topological polar surface area (TPSA) is 119 Å². The normalized spacial score (nSPS) is 11.4. The highest BCUT2D eigenvalue weighted by molar-refractivity contribution is 6.03. The Balaban J connectivity index is 2.82. The summed E-state index contributed by atoms with van der Waals surface area (Å²) in [5.74, 6) is -1.57. The van der Waals surface area contributed by atoms with Crippen molar-refractivity contribution in [3.8, 4) is 0 Å². The Hall–Kier alpha value is -2.41. The van der Waals surface area contributed by atoms with E-state index in [0.717, 1.165) is 0 Å². The molecule has 0 spiro atoms. The van der Waals surface area contributed by atoms with Crippen LogP contribution in [0.4, 0.5) is 5.69 Å². The number of anilines is 1. The molecule has 0 saturated heterocycles. The van der Waals surface area contributed by atoms with E-state index in [1.165, 1.54) is 6.07 Å². The van der Waals surface area contributed by atoms with Gasteiger partial charge in [-0.25, -0.2) is 4.79 Å². The molecule has 0 heterocycles. The van der Waals surface area contributed by atoms with Crippen LogP contribution in [0.1, 0.15) is 16.8 Å². The van der Waals surface area contributed by atoms with Gasteiger partial charge in [0, 0.05) is 17.7 Å². The summed E-state index contributed by atoms with van der Waals surface area (Å²) < 4.78 is 0. The van der Waals surface area contributed by atoms with Crippen LogP contribution in [0.2, 0.25) is 0 Å².